The van der Waals surface area contributed by atoms with Gasteiger partial charge in [0.15, 0.2) is 0 Å². The van der Waals surface area contributed by atoms with Gasteiger partial charge < -0.3 is 20.5 Å². The van der Waals surface area contributed by atoms with Crippen molar-refractivity contribution in [3.8, 4) is 0 Å². The molecule has 0 aromatic carbocycles. The van der Waals surface area contributed by atoms with Crippen molar-refractivity contribution < 1.29 is 23.9 Å². The van der Waals surface area contributed by atoms with Crippen molar-refractivity contribution >= 4 is 17.8 Å². The van der Waals surface area contributed by atoms with Crippen molar-refractivity contribution in [2.75, 3.05) is 13.2 Å². The lowest BCUT2D eigenvalue weighted by molar-refractivity contribution is -0.145. The van der Waals surface area contributed by atoms with Crippen LogP contribution in [0.2, 0.25) is 0 Å². The van der Waals surface area contributed by atoms with E-state index in [2.05, 4.69) is 5.32 Å². The fourth-order valence-electron chi connectivity index (χ4n) is 1.66. The zero-order valence-electron chi connectivity index (χ0n) is 10.3. The Morgan fingerprint density at radius 1 is 1.50 bits per heavy atom. The number of carbonyl (C=O) groups excluding carboxylic acids is 3. The summed E-state index contributed by atoms with van der Waals surface area (Å²) < 4.78 is 9.87. The van der Waals surface area contributed by atoms with Crippen LogP contribution < -0.4 is 11.1 Å². The average Bonchev–Trinajstić information content (AvgIpc) is 2.81. The number of nitrogens with two attached hydrogens (primary N) is 1. The number of nitrogens with one attached hydrogen (secondary N) is 1. The Kier molecular flexibility index (Phi) is 5.57. The van der Waals surface area contributed by atoms with Crippen LogP contribution in [0.5, 0.6) is 0 Å². The summed E-state index contributed by atoms with van der Waals surface area (Å²) in [5, 5.41) is 2.41. The van der Waals surface area contributed by atoms with E-state index in [4.69, 9.17) is 15.2 Å². The highest BCUT2D eigenvalue weighted by Crippen LogP contribution is 2.12. The molecule has 102 valence electrons. The van der Waals surface area contributed by atoms with Crippen molar-refractivity contribution in [3.05, 3.63) is 0 Å². The van der Waals surface area contributed by atoms with Crippen molar-refractivity contribution in [3.63, 3.8) is 0 Å². The van der Waals surface area contributed by atoms with E-state index >= 15 is 0 Å². The Bertz CT molecular complexity index is 325. The van der Waals surface area contributed by atoms with Gasteiger partial charge in [0.25, 0.3) is 0 Å². The first kappa shape index (κ1) is 14.4. The maximum absolute atomic E-state index is 11.7. The van der Waals surface area contributed by atoms with Crippen LogP contribution in [0.15, 0.2) is 0 Å². The topological polar surface area (TPSA) is 108 Å². The molecule has 0 aliphatic carbocycles. The van der Waals surface area contributed by atoms with Gasteiger partial charge in [-0.3, -0.25) is 14.4 Å². The Hall–Kier alpha value is -1.63. The summed E-state index contributed by atoms with van der Waals surface area (Å²) in [6.45, 7) is 2.39. The summed E-state index contributed by atoms with van der Waals surface area (Å²) >= 11 is 0. The molecule has 0 unspecified atom stereocenters. The lowest BCUT2D eigenvalue weighted by atomic mass is 10.1. The quantitative estimate of drug-likeness (QED) is 0.599. The fraction of sp³-hybridized carbons (Fsp3) is 0.727. The second-order valence-electron chi connectivity index (χ2n) is 3.97. The second kappa shape index (κ2) is 6.95. The monoisotopic (exact) mass is 258 g/mol. The average molecular weight is 258 g/mol. The summed E-state index contributed by atoms with van der Waals surface area (Å²) in [7, 11) is 0. The number of carbonyl (C=O) groups is 3. The highest BCUT2D eigenvalue weighted by Gasteiger charge is 2.28. The predicted molar refractivity (Wildman–Crippen MR) is 61.3 cm³/mol. The molecule has 0 saturated carbocycles. The van der Waals surface area contributed by atoms with Gasteiger partial charge in [-0.2, -0.15) is 0 Å². The molecule has 0 aromatic heterocycles. The van der Waals surface area contributed by atoms with E-state index in [1.165, 1.54) is 0 Å². The highest BCUT2D eigenvalue weighted by atomic mass is 16.5. The normalized spacial score (nSPS) is 20.2. The molecule has 0 radical (unpaired) electrons. The van der Waals surface area contributed by atoms with Gasteiger partial charge in [-0.15, -0.1) is 0 Å². The molecule has 0 bridgehead atoms. The van der Waals surface area contributed by atoms with Crippen LogP contribution in [0.25, 0.3) is 0 Å². The minimum absolute atomic E-state index is 0.212. The van der Waals surface area contributed by atoms with Crippen LogP contribution in [0, 0.1) is 0 Å². The summed E-state index contributed by atoms with van der Waals surface area (Å²) in [5.74, 6) is -1.76. The van der Waals surface area contributed by atoms with Gasteiger partial charge in [-0.1, -0.05) is 0 Å². The summed E-state index contributed by atoms with van der Waals surface area (Å²) in [4.78, 5) is 34.1. The molecular weight excluding hydrogens is 240 g/mol. The molecule has 0 spiro atoms. The molecule has 0 aromatic rings. The van der Waals surface area contributed by atoms with Crippen molar-refractivity contribution in [1.82, 2.24) is 5.32 Å². The minimum atomic E-state index is -1.05. The Balaban J connectivity index is 2.49. The molecule has 1 fully saturated rings. The first-order valence-electron chi connectivity index (χ1n) is 5.91. The van der Waals surface area contributed by atoms with Crippen molar-refractivity contribution in [2.45, 2.75) is 38.3 Å². The molecule has 7 heteroatoms. The largest absolute Gasteiger partial charge is 0.466 e. The van der Waals surface area contributed by atoms with Gasteiger partial charge >= 0.3 is 5.97 Å². The van der Waals surface area contributed by atoms with E-state index in [-0.39, 0.29) is 13.0 Å². The number of hydrogen-bond acceptors (Lipinski definition) is 5. The van der Waals surface area contributed by atoms with Crippen LogP contribution in [0.3, 0.4) is 0 Å². The third kappa shape index (κ3) is 4.33. The number of rotatable bonds is 6. The predicted octanol–water partition coefficient (Wildman–Crippen LogP) is -0.911. The molecule has 1 saturated heterocycles. The molecule has 18 heavy (non-hydrogen) atoms. The van der Waals surface area contributed by atoms with Gasteiger partial charge in [-0.05, 0) is 19.8 Å². The molecule has 2 atom stereocenters. The lowest BCUT2D eigenvalue weighted by Gasteiger charge is -2.17. The molecule has 2 amide bonds. The zero-order valence-corrected chi connectivity index (χ0v) is 10.3. The number of hydrogen-bond donors (Lipinski definition) is 2. The molecule has 1 rings (SSSR count). The second-order valence-corrected chi connectivity index (χ2v) is 3.97. The van der Waals surface area contributed by atoms with Crippen LogP contribution >= 0.6 is 0 Å². The van der Waals surface area contributed by atoms with E-state index < -0.39 is 29.9 Å². The minimum Gasteiger partial charge on any atom is -0.466 e. The van der Waals surface area contributed by atoms with Gasteiger partial charge in [0.05, 0.1) is 13.0 Å². The summed E-state index contributed by atoms with van der Waals surface area (Å²) in [6.07, 6.45) is 0.587. The van der Waals surface area contributed by atoms with E-state index in [0.717, 1.165) is 6.42 Å². The number of ether oxygens (including phenoxy) is 2. The van der Waals surface area contributed by atoms with E-state index in [1.54, 1.807) is 6.92 Å². The third-order valence-electron chi connectivity index (χ3n) is 2.56. The zero-order chi connectivity index (χ0) is 13.5. The van der Waals surface area contributed by atoms with Gasteiger partial charge in [-0.25, -0.2) is 0 Å². The van der Waals surface area contributed by atoms with Crippen molar-refractivity contribution in [1.29, 1.82) is 0 Å². The maximum Gasteiger partial charge on any atom is 0.308 e. The Morgan fingerprint density at radius 2 is 2.22 bits per heavy atom. The van der Waals surface area contributed by atoms with Crippen LogP contribution in [0.1, 0.15) is 26.2 Å². The maximum atomic E-state index is 11.7. The molecule has 1 aliphatic heterocycles. The summed E-state index contributed by atoms with van der Waals surface area (Å²) in [6, 6.07) is -1.05. The molecule has 1 aliphatic rings. The first-order chi connectivity index (χ1) is 8.54. The van der Waals surface area contributed by atoms with Gasteiger partial charge in [0.1, 0.15) is 12.1 Å². The number of amides is 2. The van der Waals surface area contributed by atoms with Crippen LogP contribution in [-0.2, 0) is 23.9 Å². The molecule has 3 N–H and O–H groups in total. The first-order valence-corrected chi connectivity index (χ1v) is 5.91. The van der Waals surface area contributed by atoms with Crippen molar-refractivity contribution in [2.24, 2.45) is 5.73 Å². The van der Waals surface area contributed by atoms with Crippen LogP contribution in [-0.4, -0.2) is 43.1 Å². The Morgan fingerprint density at radius 3 is 2.72 bits per heavy atom. The van der Waals surface area contributed by atoms with Gasteiger partial charge in [0.2, 0.25) is 11.8 Å². The highest BCUT2D eigenvalue weighted by molar-refractivity contribution is 5.91. The smallest absolute Gasteiger partial charge is 0.308 e. The Labute approximate surface area is 105 Å². The fourth-order valence-corrected chi connectivity index (χ4v) is 1.66. The van der Waals surface area contributed by atoms with E-state index in [0.29, 0.717) is 13.0 Å². The SMILES string of the molecule is CCOC(=O)C[C@H](NC(=O)[C@H]1CCCO1)C(N)=O. The van der Waals surface area contributed by atoms with E-state index in [1.807, 2.05) is 0 Å². The van der Waals surface area contributed by atoms with Gasteiger partial charge in [0, 0.05) is 6.61 Å². The van der Waals surface area contributed by atoms with Crippen LogP contribution in [0.4, 0.5) is 0 Å². The molecule has 1 heterocycles. The molecule has 7 nitrogen and oxygen atoms in total. The third-order valence-corrected chi connectivity index (χ3v) is 2.56. The van der Waals surface area contributed by atoms with E-state index in [9.17, 15) is 14.4 Å². The summed E-state index contributed by atoms with van der Waals surface area (Å²) in [5.41, 5.74) is 5.13. The number of primary amides is 1. The number of esters is 1. The standard InChI is InChI=1S/C11H18N2O5/c1-2-17-9(14)6-7(10(12)15)13-11(16)8-4-3-5-18-8/h7-8H,2-6H2,1H3,(H2,12,15)(H,13,16)/t7-,8+/m0/s1. The molecular formula is C11H18N2O5. The lowest BCUT2D eigenvalue weighted by Crippen LogP contribution is -2.49.